The molecule has 0 amide bonds. The van der Waals surface area contributed by atoms with E-state index in [0.29, 0.717) is 30.9 Å². The maximum absolute atomic E-state index is 12.5. The van der Waals surface area contributed by atoms with Gasteiger partial charge < -0.3 is 5.32 Å². The van der Waals surface area contributed by atoms with E-state index in [1.807, 2.05) is 0 Å². The van der Waals surface area contributed by atoms with E-state index < -0.39 is 10.0 Å². The molecule has 1 N–H and O–H groups in total. The van der Waals surface area contributed by atoms with Gasteiger partial charge in [-0.15, -0.1) is 0 Å². The number of nitrogens with zero attached hydrogens (tertiary/aromatic N) is 3. The van der Waals surface area contributed by atoms with Crippen molar-refractivity contribution in [3.05, 3.63) is 12.4 Å². The molecule has 19 heavy (non-hydrogen) atoms. The van der Waals surface area contributed by atoms with Gasteiger partial charge in [0.25, 0.3) is 0 Å². The SMILES string of the molecule is CNc1ncc(S(=O)(=O)N2CC3CCCC3C2)cn1. The monoisotopic (exact) mass is 282 g/mol. The molecule has 1 aliphatic carbocycles. The van der Waals surface area contributed by atoms with Gasteiger partial charge in [0, 0.05) is 20.1 Å². The Morgan fingerprint density at radius 2 is 1.79 bits per heavy atom. The summed E-state index contributed by atoms with van der Waals surface area (Å²) in [6.45, 7) is 1.31. The van der Waals surface area contributed by atoms with Crippen molar-refractivity contribution < 1.29 is 8.42 Å². The zero-order valence-electron chi connectivity index (χ0n) is 10.9. The predicted molar refractivity (Wildman–Crippen MR) is 71.2 cm³/mol. The highest BCUT2D eigenvalue weighted by Gasteiger charge is 2.41. The van der Waals surface area contributed by atoms with Crippen LogP contribution in [-0.4, -0.2) is 42.8 Å². The summed E-state index contributed by atoms with van der Waals surface area (Å²) < 4.78 is 26.6. The quantitative estimate of drug-likeness (QED) is 0.893. The summed E-state index contributed by atoms with van der Waals surface area (Å²) in [5, 5.41) is 2.78. The van der Waals surface area contributed by atoms with E-state index in [1.165, 1.54) is 18.8 Å². The average molecular weight is 282 g/mol. The van der Waals surface area contributed by atoms with E-state index in [0.717, 1.165) is 12.8 Å². The predicted octanol–water partition coefficient (Wildman–Crippen LogP) is 0.939. The summed E-state index contributed by atoms with van der Waals surface area (Å²) in [6, 6.07) is 0. The van der Waals surface area contributed by atoms with Crippen LogP contribution in [0.15, 0.2) is 17.3 Å². The molecule has 6 nitrogen and oxygen atoms in total. The second-order valence-corrected chi connectivity index (χ2v) is 7.20. The fraction of sp³-hybridized carbons (Fsp3) is 0.667. The highest BCUT2D eigenvalue weighted by molar-refractivity contribution is 7.89. The normalized spacial score (nSPS) is 27.4. The van der Waals surface area contributed by atoms with Gasteiger partial charge in [0.1, 0.15) is 4.90 Å². The number of aromatic nitrogens is 2. The minimum atomic E-state index is -3.43. The third-order valence-electron chi connectivity index (χ3n) is 4.18. The molecular formula is C12H18N4O2S. The average Bonchev–Trinajstić information content (AvgIpc) is 2.99. The number of fused-ring (bicyclic) bond motifs is 1. The summed E-state index contributed by atoms with van der Waals surface area (Å²) in [5.74, 6) is 1.52. The Balaban J connectivity index is 1.82. The van der Waals surface area contributed by atoms with Crippen LogP contribution in [0.5, 0.6) is 0 Å². The Labute approximate surface area is 113 Å². The highest BCUT2D eigenvalue weighted by Crippen LogP contribution is 2.39. The van der Waals surface area contributed by atoms with Crippen LogP contribution in [-0.2, 0) is 10.0 Å². The first kappa shape index (κ1) is 12.8. The van der Waals surface area contributed by atoms with Crippen LogP contribution < -0.4 is 5.32 Å². The van der Waals surface area contributed by atoms with Crippen LogP contribution in [0.25, 0.3) is 0 Å². The highest BCUT2D eigenvalue weighted by atomic mass is 32.2. The Kier molecular flexibility index (Phi) is 3.18. The van der Waals surface area contributed by atoms with Gasteiger partial charge in [-0.3, -0.25) is 0 Å². The molecule has 1 aromatic rings. The van der Waals surface area contributed by atoms with Gasteiger partial charge in [-0.1, -0.05) is 6.42 Å². The standard InChI is InChI=1S/C12H18N4O2S/c1-13-12-14-5-11(6-15-12)19(17,18)16-7-9-3-2-4-10(9)8-16/h5-6,9-10H,2-4,7-8H2,1H3,(H,13,14,15). The maximum atomic E-state index is 12.5. The van der Waals surface area contributed by atoms with Crippen molar-refractivity contribution in [3.8, 4) is 0 Å². The summed E-state index contributed by atoms with van der Waals surface area (Å²) >= 11 is 0. The molecule has 104 valence electrons. The van der Waals surface area contributed by atoms with Crippen molar-refractivity contribution in [3.63, 3.8) is 0 Å². The molecule has 3 rings (SSSR count). The molecule has 2 atom stereocenters. The lowest BCUT2D eigenvalue weighted by atomic mass is 10.0. The molecule has 2 heterocycles. The number of sulfonamides is 1. The summed E-state index contributed by atoms with van der Waals surface area (Å²) in [7, 11) is -1.73. The van der Waals surface area contributed by atoms with E-state index in [-0.39, 0.29) is 4.90 Å². The van der Waals surface area contributed by atoms with Crippen LogP contribution >= 0.6 is 0 Å². The molecule has 1 saturated heterocycles. The molecule has 0 radical (unpaired) electrons. The number of anilines is 1. The van der Waals surface area contributed by atoms with Gasteiger partial charge in [-0.05, 0) is 24.7 Å². The molecule has 0 spiro atoms. The zero-order chi connectivity index (χ0) is 13.5. The van der Waals surface area contributed by atoms with Crippen molar-refractivity contribution >= 4 is 16.0 Å². The Bertz CT molecular complexity index is 546. The number of hydrogen-bond acceptors (Lipinski definition) is 5. The van der Waals surface area contributed by atoms with E-state index in [2.05, 4.69) is 15.3 Å². The molecule has 2 fully saturated rings. The minimum Gasteiger partial charge on any atom is -0.357 e. The lowest BCUT2D eigenvalue weighted by Gasteiger charge is -2.16. The first-order valence-electron chi connectivity index (χ1n) is 6.61. The minimum absolute atomic E-state index is 0.187. The summed E-state index contributed by atoms with van der Waals surface area (Å²) in [6.07, 6.45) is 6.31. The fourth-order valence-electron chi connectivity index (χ4n) is 3.12. The first-order chi connectivity index (χ1) is 9.11. The number of nitrogens with one attached hydrogen (secondary N) is 1. The molecule has 0 bridgehead atoms. The van der Waals surface area contributed by atoms with Crippen LogP contribution in [0.4, 0.5) is 5.95 Å². The number of hydrogen-bond donors (Lipinski definition) is 1. The largest absolute Gasteiger partial charge is 0.357 e. The topological polar surface area (TPSA) is 75.2 Å². The van der Waals surface area contributed by atoms with Crippen LogP contribution in [0.2, 0.25) is 0 Å². The molecule has 1 saturated carbocycles. The van der Waals surface area contributed by atoms with Crippen molar-refractivity contribution in [2.24, 2.45) is 11.8 Å². The molecule has 1 aliphatic heterocycles. The molecule has 2 aliphatic rings. The molecule has 7 heteroatoms. The van der Waals surface area contributed by atoms with Crippen molar-refractivity contribution in [1.82, 2.24) is 14.3 Å². The van der Waals surface area contributed by atoms with E-state index in [4.69, 9.17) is 0 Å². The van der Waals surface area contributed by atoms with Gasteiger partial charge in [-0.2, -0.15) is 4.31 Å². The maximum Gasteiger partial charge on any atom is 0.246 e. The van der Waals surface area contributed by atoms with Gasteiger partial charge in [-0.25, -0.2) is 18.4 Å². The van der Waals surface area contributed by atoms with Crippen molar-refractivity contribution in [2.45, 2.75) is 24.2 Å². The summed E-state index contributed by atoms with van der Waals surface area (Å²) in [4.78, 5) is 8.14. The van der Waals surface area contributed by atoms with Gasteiger partial charge >= 0.3 is 0 Å². The van der Waals surface area contributed by atoms with Crippen LogP contribution in [0.3, 0.4) is 0 Å². The Hall–Kier alpha value is -1.21. The molecular weight excluding hydrogens is 264 g/mol. The van der Waals surface area contributed by atoms with E-state index >= 15 is 0 Å². The molecule has 0 aromatic carbocycles. The van der Waals surface area contributed by atoms with Gasteiger partial charge in [0.15, 0.2) is 0 Å². The van der Waals surface area contributed by atoms with E-state index in [9.17, 15) is 8.42 Å². The number of rotatable bonds is 3. The molecule has 2 unspecified atom stereocenters. The second-order valence-electron chi connectivity index (χ2n) is 5.27. The Morgan fingerprint density at radius 1 is 1.21 bits per heavy atom. The third-order valence-corrected chi connectivity index (χ3v) is 5.97. The lowest BCUT2D eigenvalue weighted by molar-refractivity contribution is 0.445. The fourth-order valence-corrected chi connectivity index (χ4v) is 4.56. The van der Waals surface area contributed by atoms with E-state index in [1.54, 1.807) is 11.4 Å². The Morgan fingerprint density at radius 3 is 2.32 bits per heavy atom. The van der Waals surface area contributed by atoms with Crippen LogP contribution in [0, 0.1) is 11.8 Å². The summed E-state index contributed by atoms with van der Waals surface area (Å²) in [5.41, 5.74) is 0. The van der Waals surface area contributed by atoms with Gasteiger partial charge in [0.2, 0.25) is 16.0 Å². The lowest BCUT2D eigenvalue weighted by Crippen LogP contribution is -2.29. The van der Waals surface area contributed by atoms with Crippen molar-refractivity contribution in [2.75, 3.05) is 25.5 Å². The second kappa shape index (κ2) is 4.72. The zero-order valence-corrected chi connectivity index (χ0v) is 11.7. The van der Waals surface area contributed by atoms with Crippen LogP contribution in [0.1, 0.15) is 19.3 Å². The van der Waals surface area contributed by atoms with Gasteiger partial charge in [0.05, 0.1) is 12.4 Å². The first-order valence-corrected chi connectivity index (χ1v) is 8.05. The smallest absolute Gasteiger partial charge is 0.246 e. The third kappa shape index (κ3) is 2.21. The van der Waals surface area contributed by atoms with Crippen molar-refractivity contribution in [1.29, 1.82) is 0 Å². The molecule has 1 aromatic heterocycles.